The summed E-state index contributed by atoms with van der Waals surface area (Å²) < 4.78 is 5.67. The number of hydrogen-bond acceptors (Lipinski definition) is 4. The Labute approximate surface area is 156 Å². The fourth-order valence-electron chi connectivity index (χ4n) is 2.29. The molecular weight excluding hydrogens is 350 g/mol. The summed E-state index contributed by atoms with van der Waals surface area (Å²) in [7, 11) is 0. The van der Waals surface area contributed by atoms with Gasteiger partial charge in [-0.15, -0.1) is 0 Å². The van der Waals surface area contributed by atoms with Crippen molar-refractivity contribution in [2.24, 2.45) is 5.10 Å². The Morgan fingerprint density at radius 2 is 1.88 bits per heavy atom. The molecule has 5 nitrogen and oxygen atoms in total. The molecule has 26 heavy (non-hydrogen) atoms. The molecular formula is C20H18ClN3O2. The molecule has 0 aliphatic carbocycles. The van der Waals surface area contributed by atoms with Gasteiger partial charge in [-0.1, -0.05) is 41.4 Å². The van der Waals surface area contributed by atoms with Crippen LogP contribution in [0.1, 0.15) is 11.3 Å². The lowest BCUT2D eigenvalue weighted by molar-refractivity contribution is -0.119. The van der Waals surface area contributed by atoms with E-state index >= 15 is 0 Å². The second-order valence-corrected chi connectivity index (χ2v) is 6.10. The average Bonchev–Trinajstić information content (AvgIpc) is 3.10. The van der Waals surface area contributed by atoms with Crippen LogP contribution in [0, 0.1) is 6.92 Å². The highest BCUT2D eigenvalue weighted by atomic mass is 35.5. The number of furan rings is 1. The van der Waals surface area contributed by atoms with Crippen molar-refractivity contribution in [3.8, 4) is 11.3 Å². The minimum atomic E-state index is -0.250. The first-order valence-corrected chi connectivity index (χ1v) is 8.47. The molecule has 0 aliphatic rings. The molecule has 0 aliphatic heterocycles. The normalized spacial score (nSPS) is 10.8. The van der Waals surface area contributed by atoms with Gasteiger partial charge in [0.05, 0.1) is 17.8 Å². The summed E-state index contributed by atoms with van der Waals surface area (Å²) in [4.78, 5) is 11.8. The third-order valence-corrected chi connectivity index (χ3v) is 3.98. The first kappa shape index (κ1) is 17.8. The topological polar surface area (TPSA) is 66.6 Å². The number of aryl methyl sites for hydroxylation is 1. The van der Waals surface area contributed by atoms with E-state index in [9.17, 15) is 4.79 Å². The first-order valence-electron chi connectivity index (χ1n) is 8.09. The Morgan fingerprint density at radius 1 is 1.12 bits per heavy atom. The maximum atomic E-state index is 11.8. The highest BCUT2D eigenvalue weighted by molar-refractivity contribution is 6.33. The molecule has 2 aromatic carbocycles. The van der Waals surface area contributed by atoms with Crippen LogP contribution in [0.4, 0.5) is 5.69 Å². The largest absolute Gasteiger partial charge is 0.455 e. The zero-order valence-corrected chi connectivity index (χ0v) is 15.0. The average molecular weight is 368 g/mol. The van der Waals surface area contributed by atoms with Crippen molar-refractivity contribution in [2.75, 3.05) is 11.9 Å². The number of nitrogens with zero attached hydrogens (tertiary/aromatic N) is 1. The van der Waals surface area contributed by atoms with Crippen molar-refractivity contribution < 1.29 is 9.21 Å². The summed E-state index contributed by atoms with van der Waals surface area (Å²) in [6.45, 7) is 2.14. The molecule has 3 rings (SSSR count). The summed E-state index contributed by atoms with van der Waals surface area (Å²) in [5.74, 6) is 0.913. The zero-order valence-electron chi connectivity index (χ0n) is 14.2. The second-order valence-electron chi connectivity index (χ2n) is 5.69. The van der Waals surface area contributed by atoms with Crippen LogP contribution in [-0.2, 0) is 4.79 Å². The van der Waals surface area contributed by atoms with Gasteiger partial charge in [0.25, 0.3) is 5.91 Å². The molecule has 1 heterocycles. The Kier molecular flexibility index (Phi) is 5.71. The van der Waals surface area contributed by atoms with Crippen LogP contribution in [0.3, 0.4) is 0 Å². The molecule has 0 unspecified atom stereocenters. The van der Waals surface area contributed by atoms with Crippen molar-refractivity contribution in [2.45, 2.75) is 6.92 Å². The van der Waals surface area contributed by atoms with E-state index in [1.807, 2.05) is 55.5 Å². The van der Waals surface area contributed by atoms with Crippen LogP contribution in [0.2, 0.25) is 5.02 Å². The van der Waals surface area contributed by atoms with E-state index < -0.39 is 0 Å². The molecule has 1 amide bonds. The smallest absolute Gasteiger partial charge is 0.259 e. The number of nitrogens with one attached hydrogen (secondary N) is 2. The van der Waals surface area contributed by atoms with Crippen molar-refractivity contribution >= 4 is 29.4 Å². The lowest BCUT2D eigenvalue weighted by Gasteiger charge is -2.05. The van der Waals surface area contributed by atoms with Crippen LogP contribution in [0.15, 0.2) is 70.2 Å². The molecule has 0 fully saturated rings. The minimum Gasteiger partial charge on any atom is -0.455 e. The quantitative estimate of drug-likeness (QED) is 0.499. The molecule has 3 aromatic rings. The Hall–Kier alpha value is -3.05. The second kappa shape index (κ2) is 8.36. The van der Waals surface area contributed by atoms with Gasteiger partial charge in [-0.05, 0) is 43.3 Å². The van der Waals surface area contributed by atoms with Gasteiger partial charge < -0.3 is 9.73 Å². The minimum absolute atomic E-state index is 0.128. The molecule has 0 spiro atoms. The van der Waals surface area contributed by atoms with E-state index in [1.54, 1.807) is 12.1 Å². The van der Waals surface area contributed by atoms with E-state index in [-0.39, 0.29) is 12.5 Å². The third kappa shape index (κ3) is 4.74. The summed E-state index contributed by atoms with van der Waals surface area (Å²) >= 11 is 6.15. The predicted molar refractivity (Wildman–Crippen MR) is 105 cm³/mol. The van der Waals surface area contributed by atoms with Gasteiger partial charge in [-0.2, -0.15) is 5.10 Å². The number of hydrazone groups is 1. The zero-order chi connectivity index (χ0) is 18.4. The van der Waals surface area contributed by atoms with Crippen LogP contribution in [0.5, 0.6) is 0 Å². The van der Waals surface area contributed by atoms with Crippen molar-refractivity contribution in [3.05, 3.63) is 77.0 Å². The number of anilines is 1. The van der Waals surface area contributed by atoms with E-state index in [1.165, 1.54) is 11.8 Å². The number of carbonyl (C=O) groups excluding carboxylic acids is 1. The predicted octanol–water partition coefficient (Wildman–Crippen LogP) is 4.47. The summed E-state index contributed by atoms with van der Waals surface area (Å²) in [5.41, 5.74) is 5.31. The third-order valence-electron chi connectivity index (χ3n) is 3.65. The van der Waals surface area contributed by atoms with Gasteiger partial charge in [0.1, 0.15) is 11.5 Å². The molecule has 2 N–H and O–H groups in total. The SMILES string of the molecule is Cc1ccc(NCC(=O)N/N=C/c2ccc(-c3ccccc3Cl)o2)cc1. The fourth-order valence-corrected chi connectivity index (χ4v) is 2.52. The number of carbonyl (C=O) groups is 1. The van der Waals surface area contributed by atoms with Crippen LogP contribution < -0.4 is 10.7 Å². The van der Waals surface area contributed by atoms with Gasteiger partial charge in [0.2, 0.25) is 0 Å². The van der Waals surface area contributed by atoms with Gasteiger partial charge >= 0.3 is 0 Å². The molecule has 0 atom stereocenters. The lowest BCUT2D eigenvalue weighted by atomic mass is 10.2. The number of hydrogen-bond donors (Lipinski definition) is 2. The molecule has 0 bridgehead atoms. The van der Waals surface area contributed by atoms with Gasteiger partial charge in [0, 0.05) is 11.3 Å². The number of halogens is 1. The number of benzene rings is 2. The first-order chi connectivity index (χ1) is 12.6. The maximum Gasteiger partial charge on any atom is 0.259 e. The van der Waals surface area contributed by atoms with E-state index in [0.29, 0.717) is 16.5 Å². The highest BCUT2D eigenvalue weighted by Crippen LogP contribution is 2.28. The Morgan fingerprint density at radius 3 is 2.65 bits per heavy atom. The van der Waals surface area contributed by atoms with Crippen molar-refractivity contribution in [1.29, 1.82) is 0 Å². The summed E-state index contributed by atoms with van der Waals surface area (Å²) in [5, 5.41) is 7.55. The molecule has 1 aromatic heterocycles. The summed E-state index contributed by atoms with van der Waals surface area (Å²) in [6.07, 6.45) is 1.45. The maximum absolute atomic E-state index is 11.8. The van der Waals surface area contributed by atoms with Gasteiger partial charge in [0.15, 0.2) is 0 Å². The molecule has 0 saturated carbocycles. The van der Waals surface area contributed by atoms with E-state index in [4.69, 9.17) is 16.0 Å². The van der Waals surface area contributed by atoms with E-state index in [2.05, 4.69) is 15.8 Å². The number of rotatable bonds is 6. The van der Waals surface area contributed by atoms with Crippen molar-refractivity contribution in [1.82, 2.24) is 5.43 Å². The van der Waals surface area contributed by atoms with Crippen LogP contribution in [-0.4, -0.2) is 18.7 Å². The highest BCUT2D eigenvalue weighted by Gasteiger charge is 2.07. The molecule has 0 radical (unpaired) electrons. The lowest BCUT2D eigenvalue weighted by Crippen LogP contribution is -2.25. The van der Waals surface area contributed by atoms with Gasteiger partial charge in [-0.3, -0.25) is 4.79 Å². The standard InChI is InChI=1S/C20H18ClN3O2/c1-14-6-8-15(9-7-14)22-13-20(25)24-23-12-16-10-11-19(26-16)17-4-2-3-5-18(17)21/h2-12,22H,13H2,1H3,(H,24,25)/b23-12+. The summed E-state index contributed by atoms with van der Waals surface area (Å²) in [6, 6.07) is 18.8. The monoisotopic (exact) mass is 367 g/mol. The Bertz CT molecular complexity index is 917. The Balaban J connectivity index is 1.51. The van der Waals surface area contributed by atoms with Crippen LogP contribution in [0.25, 0.3) is 11.3 Å². The van der Waals surface area contributed by atoms with Gasteiger partial charge in [-0.25, -0.2) is 5.43 Å². The van der Waals surface area contributed by atoms with Crippen molar-refractivity contribution in [3.63, 3.8) is 0 Å². The van der Waals surface area contributed by atoms with E-state index in [0.717, 1.165) is 11.3 Å². The molecule has 6 heteroatoms. The van der Waals surface area contributed by atoms with Crippen LogP contribution >= 0.6 is 11.6 Å². The number of amides is 1. The molecule has 132 valence electrons. The fraction of sp³-hybridized carbons (Fsp3) is 0.100. The molecule has 0 saturated heterocycles.